The van der Waals surface area contributed by atoms with Crippen LogP contribution in [0.5, 0.6) is 11.6 Å². The van der Waals surface area contributed by atoms with Crippen molar-refractivity contribution in [2.45, 2.75) is 77.0 Å². The minimum absolute atomic E-state index is 0.227. The Bertz CT molecular complexity index is 1780. The second-order valence-corrected chi connectivity index (χ2v) is 14.1. The van der Waals surface area contributed by atoms with Gasteiger partial charge in [0.15, 0.2) is 21.2 Å². The number of aliphatic hydroxyl groups excluding tert-OH is 1. The molecule has 2 aromatic carbocycles. The largest absolute Gasteiger partial charge is 0.479 e. The highest BCUT2D eigenvalue weighted by atomic mass is 127. The van der Waals surface area contributed by atoms with Gasteiger partial charge >= 0.3 is 13.7 Å². The van der Waals surface area contributed by atoms with Crippen molar-refractivity contribution in [1.82, 2.24) is 24.6 Å². The summed E-state index contributed by atoms with van der Waals surface area (Å²) in [4.78, 5) is 26.0. The Balaban J connectivity index is 1.40. The Morgan fingerprint density at radius 1 is 1.19 bits per heavy atom. The zero-order valence-corrected chi connectivity index (χ0v) is 29.8. The predicted molar refractivity (Wildman–Crippen MR) is 181 cm³/mol. The van der Waals surface area contributed by atoms with E-state index in [0.717, 1.165) is 18.2 Å². The molecule has 0 amide bonds. The van der Waals surface area contributed by atoms with E-state index < -0.39 is 50.4 Å². The van der Waals surface area contributed by atoms with E-state index in [1.165, 1.54) is 25.5 Å². The van der Waals surface area contributed by atoms with Gasteiger partial charge in [0.1, 0.15) is 35.4 Å². The second-order valence-electron chi connectivity index (χ2n) is 11.5. The number of aryl methyl sites for hydroxylation is 1. The monoisotopic (exact) mass is 783 g/mol. The van der Waals surface area contributed by atoms with Gasteiger partial charge in [-0.05, 0) is 38.6 Å². The molecule has 2 aromatic heterocycles. The molecule has 5 rings (SSSR count). The van der Waals surface area contributed by atoms with E-state index in [2.05, 4.69) is 20.0 Å². The van der Waals surface area contributed by atoms with E-state index in [0.29, 0.717) is 32.6 Å². The maximum absolute atomic E-state index is 14.4. The van der Waals surface area contributed by atoms with Crippen molar-refractivity contribution in [1.29, 1.82) is 0 Å². The first-order valence-corrected chi connectivity index (χ1v) is 17.9. The lowest BCUT2D eigenvalue weighted by Crippen LogP contribution is -2.45. The molecule has 47 heavy (non-hydrogen) atoms. The maximum Gasteiger partial charge on any atom is 0.459 e. The van der Waals surface area contributed by atoms with Crippen LogP contribution in [0, 0.1) is 10.8 Å². The molecule has 0 aliphatic carbocycles. The smallest absolute Gasteiger partial charge is 0.459 e. The van der Waals surface area contributed by atoms with Gasteiger partial charge in [0.25, 0.3) is 0 Å². The first-order chi connectivity index (χ1) is 22.4. The summed E-state index contributed by atoms with van der Waals surface area (Å²) in [6.45, 7) is 6.38. The number of unbranched alkanes of at least 4 members (excludes halogenated alkanes) is 2. The second kappa shape index (κ2) is 14.7. The molecule has 1 aliphatic heterocycles. The standard InChI is InChI=1S/C31H39IN5O9P/c1-6-7-10-16-43-28(39)18(2)36-47(41,46-22-15-11-13-20-12-8-9-14-21(20)22)44-17-23-25(38)31(4,40)29(45-23)37-26-24(35-30(37)32)27(42-5)34-19(3)33-26/h8-9,11-15,18,23,25,29,38,40H,6-7,10,16-17H2,1-5H3,(H,36,41)/t18-,23+,25+,29+,31+,47?/m0/s1. The Labute approximate surface area is 285 Å². The van der Waals surface area contributed by atoms with Gasteiger partial charge in [-0.1, -0.05) is 56.2 Å². The molecule has 0 spiro atoms. The number of methoxy groups -OCH3 is 1. The molecule has 1 aliphatic rings. The fourth-order valence-corrected chi connectivity index (χ4v) is 7.58. The number of fused-ring (bicyclic) bond motifs is 2. The minimum Gasteiger partial charge on any atom is -0.479 e. The number of carbonyl (C=O) groups excluding carboxylic acids is 1. The Kier molecular flexibility index (Phi) is 11.1. The molecule has 3 N–H and O–H groups in total. The number of rotatable bonds is 14. The van der Waals surface area contributed by atoms with Gasteiger partial charge in [0.05, 0.1) is 20.3 Å². The van der Waals surface area contributed by atoms with Gasteiger partial charge in [-0.3, -0.25) is 13.9 Å². The summed E-state index contributed by atoms with van der Waals surface area (Å²) in [5.41, 5.74) is -1.18. The zero-order valence-electron chi connectivity index (χ0n) is 26.8. The van der Waals surface area contributed by atoms with Gasteiger partial charge < -0.3 is 28.9 Å². The van der Waals surface area contributed by atoms with Crippen LogP contribution in [0.25, 0.3) is 21.9 Å². The lowest BCUT2D eigenvalue weighted by molar-refractivity contribution is -0.145. The number of aromatic nitrogens is 4. The van der Waals surface area contributed by atoms with Crippen molar-refractivity contribution in [2.24, 2.45) is 0 Å². The molecule has 254 valence electrons. The molecule has 1 unspecified atom stereocenters. The molecule has 0 bridgehead atoms. The number of hydrogen-bond acceptors (Lipinski definition) is 12. The summed E-state index contributed by atoms with van der Waals surface area (Å²) in [6, 6.07) is 11.6. The minimum atomic E-state index is -4.35. The molecule has 3 heterocycles. The number of aliphatic hydroxyl groups is 2. The number of hydrogen-bond donors (Lipinski definition) is 3. The molecule has 0 saturated carbocycles. The Hall–Kier alpha value is -2.92. The van der Waals surface area contributed by atoms with E-state index in [9.17, 15) is 19.6 Å². The SMILES string of the molecule is CCCCCOC(=O)[C@H](C)NP(=O)(OC[C@H]1O[C@@H](n2c(I)nc3c(OC)nc(C)nc32)[C@](C)(O)[C@@H]1O)Oc1cccc2ccccc12. The number of benzene rings is 2. The van der Waals surface area contributed by atoms with Crippen LogP contribution >= 0.6 is 30.3 Å². The lowest BCUT2D eigenvalue weighted by atomic mass is 9.96. The molecule has 1 fully saturated rings. The molecular formula is C31H39IN5O9P. The molecule has 6 atom stereocenters. The van der Waals surface area contributed by atoms with Crippen molar-refractivity contribution < 1.29 is 42.8 Å². The fourth-order valence-electron chi connectivity index (χ4n) is 5.34. The first-order valence-electron chi connectivity index (χ1n) is 15.3. The van der Waals surface area contributed by atoms with E-state index in [-0.39, 0.29) is 18.2 Å². The fraction of sp³-hybridized carbons (Fsp3) is 0.484. The van der Waals surface area contributed by atoms with Crippen LogP contribution < -0.4 is 14.3 Å². The van der Waals surface area contributed by atoms with Crippen molar-refractivity contribution in [2.75, 3.05) is 20.3 Å². The number of halogens is 1. The highest BCUT2D eigenvalue weighted by Gasteiger charge is 2.55. The highest BCUT2D eigenvalue weighted by Crippen LogP contribution is 2.49. The van der Waals surface area contributed by atoms with Gasteiger partial charge in [-0.15, -0.1) is 0 Å². The van der Waals surface area contributed by atoms with Crippen LogP contribution in [-0.4, -0.2) is 79.9 Å². The van der Waals surface area contributed by atoms with Crippen molar-refractivity contribution in [3.63, 3.8) is 0 Å². The average Bonchev–Trinajstić information content (AvgIpc) is 3.48. The van der Waals surface area contributed by atoms with Crippen LogP contribution in [0.4, 0.5) is 0 Å². The van der Waals surface area contributed by atoms with Crippen LogP contribution in [0.1, 0.15) is 52.1 Å². The number of esters is 1. The first kappa shape index (κ1) is 35.4. The molecule has 16 heteroatoms. The van der Waals surface area contributed by atoms with Gasteiger partial charge in [-0.25, -0.2) is 14.5 Å². The number of nitrogens with zero attached hydrogens (tertiary/aromatic N) is 4. The van der Waals surface area contributed by atoms with E-state index in [4.69, 9.17) is 23.3 Å². The number of nitrogens with one attached hydrogen (secondary N) is 1. The van der Waals surface area contributed by atoms with Crippen molar-refractivity contribution in [3.8, 4) is 11.6 Å². The maximum atomic E-state index is 14.4. The molecule has 14 nitrogen and oxygen atoms in total. The van der Waals surface area contributed by atoms with Gasteiger partial charge in [0.2, 0.25) is 5.88 Å². The quantitative estimate of drug-likeness (QED) is 0.0522. The number of imidazole rings is 1. The summed E-state index contributed by atoms with van der Waals surface area (Å²) >= 11 is 1.97. The molecule has 4 aromatic rings. The lowest BCUT2D eigenvalue weighted by Gasteiger charge is -2.28. The van der Waals surface area contributed by atoms with Gasteiger partial charge in [-0.2, -0.15) is 10.1 Å². The number of ether oxygens (including phenoxy) is 3. The van der Waals surface area contributed by atoms with Crippen LogP contribution in [0.3, 0.4) is 0 Å². The summed E-state index contributed by atoms with van der Waals surface area (Å²) in [6.07, 6.45) is -1.28. The third-order valence-corrected chi connectivity index (χ3v) is 10.2. The Morgan fingerprint density at radius 2 is 1.94 bits per heavy atom. The van der Waals surface area contributed by atoms with Gasteiger partial charge in [0, 0.05) is 28.0 Å². The highest BCUT2D eigenvalue weighted by molar-refractivity contribution is 14.1. The molecule has 1 saturated heterocycles. The predicted octanol–water partition coefficient (Wildman–Crippen LogP) is 4.83. The van der Waals surface area contributed by atoms with E-state index in [1.807, 2.05) is 59.8 Å². The summed E-state index contributed by atoms with van der Waals surface area (Å²) in [5.74, 6) is 0.281. The average molecular weight is 784 g/mol. The van der Waals surface area contributed by atoms with Crippen LogP contribution in [0.2, 0.25) is 0 Å². The molecular weight excluding hydrogens is 744 g/mol. The topological polar surface area (TPSA) is 176 Å². The normalized spacial score (nSPS) is 23.1. The van der Waals surface area contributed by atoms with E-state index >= 15 is 0 Å². The summed E-state index contributed by atoms with van der Waals surface area (Å²) < 4.78 is 45.1. The van der Waals surface area contributed by atoms with E-state index in [1.54, 1.807) is 19.1 Å². The molecule has 0 radical (unpaired) electrons. The Morgan fingerprint density at radius 3 is 2.68 bits per heavy atom. The van der Waals surface area contributed by atoms with Crippen molar-refractivity contribution >= 4 is 58.2 Å². The number of carbonyl (C=O) groups is 1. The summed E-state index contributed by atoms with van der Waals surface area (Å²) in [5, 5.41) is 27.0. The summed E-state index contributed by atoms with van der Waals surface area (Å²) in [7, 11) is -2.88. The van der Waals surface area contributed by atoms with Crippen molar-refractivity contribution in [3.05, 3.63) is 52.1 Å². The van der Waals surface area contributed by atoms with Crippen LogP contribution in [-0.2, 0) is 23.4 Å². The third kappa shape index (κ3) is 7.56. The van der Waals surface area contributed by atoms with Crippen LogP contribution in [0.15, 0.2) is 42.5 Å². The zero-order chi connectivity index (χ0) is 33.9. The third-order valence-electron chi connectivity index (χ3n) is 7.83.